The number of hydrogen-bond acceptors (Lipinski definition) is 0. The van der Waals surface area contributed by atoms with Crippen LogP contribution in [-0.2, 0) is 0 Å². The Balaban J connectivity index is 2.55. The Kier molecular flexibility index (Phi) is 4.70. The highest BCUT2D eigenvalue weighted by atomic mass is 13.8. The van der Waals surface area contributed by atoms with Crippen molar-refractivity contribution in [3.8, 4) is 0 Å². The van der Waals surface area contributed by atoms with E-state index in [0.717, 1.165) is 12.8 Å². The Morgan fingerprint density at radius 1 is 0.750 bits per heavy atom. The van der Waals surface area contributed by atoms with Crippen molar-refractivity contribution >= 4 is 0 Å². The molecule has 0 aliphatic heterocycles. The van der Waals surface area contributed by atoms with Crippen LogP contribution in [0.2, 0.25) is 0 Å². The first kappa shape index (κ1) is 8.79. The smallest absolute Gasteiger partial charge is 0.00945 e. The summed E-state index contributed by atoms with van der Waals surface area (Å²) in [5, 5.41) is 0. The first-order valence-corrected chi connectivity index (χ1v) is 4.20. The average Bonchev–Trinajstić information content (AvgIpc) is 2.05. The normalized spacial score (nSPS) is 30.7. The predicted molar refractivity (Wildman–Crippen MR) is 53.6 cm³/mol. The van der Waals surface area contributed by atoms with Gasteiger partial charge in [0.2, 0.25) is 0 Å². The lowest BCUT2D eigenvalue weighted by molar-refractivity contribution is 1.28. The topological polar surface area (TPSA) is 0 Å². The Labute approximate surface area is 74.3 Å². The van der Waals surface area contributed by atoms with E-state index in [1.165, 1.54) is 0 Å². The van der Waals surface area contributed by atoms with Gasteiger partial charge in [-0.1, -0.05) is 54.7 Å². The molecule has 1 aliphatic carbocycles. The fourth-order valence-corrected chi connectivity index (χ4v) is 0.867. The summed E-state index contributed by atoms with van der Waals surface area (Å²) in [6.45, 7) is 0. The van der Waals surface area contributed by atoms with Crippen LogP contribution in [0.3, 0.4) is 0 Å². The fraction of sp³-hybridized carbons (Fsp3) is 0.167. The van der Waals surface area contributed by atoms with Crippen LogP contribution in [0, 0.1) is 6.08 Å². The molecule has 0 saturated carbocycles. The van der Waals surface area contributed by atoms with Crippen LogP contribution in [0.4, 0.5) is 0 Å². The zero-order chi connectivity index (χ0) is 8.49. The quantitative estimate of drug-likeness (QED) is 0.473. The number of hydrogen-bond donors (Lipinski definition) is 0. The molecule has 0 unspecified atom stereocenters. The summed E-state index contributed by atoms with van der Waals surface area (Å²) in [4.78, 5) is 0. The minimum atomic E-state index is 0.905. The third-order valence-electron chi connectivity index (χ3n) is 1.47. The summed E-state index contributed by atoms with van der Waals surface area (Å²) in [6.07, 6.45) is 23.5. The van der Waals surface area contributed by atoms with Gasteiger partial charge in [0.15, 0.2) is 0 Å². The summed E-state index contributed by atoms with van der Waals surface area (Å²) < 4.78 is 0. The molecule has 12 heavy (non-hydrogen) atoms. The average molecular weight is 157 g/mol. The first-order chi connectivity index (χ1) is 6.00. The molecular formula is C12H13. The molecule has 0 bridgehead atoms. The van der Waals surface area contributed by atoms with E-state index in [2.05, 4.69) is 30.4 Å². The Morgan fingerprint density at radius 2 is 1.58 bits per heavy atom. The van der Waals surface area contributed by atoms with Crippen LogP contribution in [0.15, 0.2) is 54.7 Å². The second-order valence-electron chi connectivity index (χ2n) is 2.48. The van der Waals surface area contributed by atoms with E-state index in [4.69, 9.17) is 0 Å². The molecule has 0 fully saturated rings. The maximum absolute atomic E-state index is 3.15. The maximum Gasteiger partial charge on any atom is -0.00945 e. The molecular weight excluding hydrogens is 144 g/mol. The van der Waals surface area contributed by atoms with Crippen molar-refractivity contribution in [2.45, 2.75) is 12.8 Å². The van der Waals surface area contributed by atoms with Gasteiger partial charge in [0, 0.05) is 0 Å². The van der Waals surface area contributed by atoms with Crippen LogP contribution < -0.4 is 0 Å². The molecule has 1 rings (SSSR count). The highest BCUT2D eigenvalue weighted by molar-refractivity contribution is 5.15. The lowest BCUT2D eigenvalue weighted by Crippen LogP contribution is -1.63. The van der Waals surface area contributed by atoms with Gasteiger partial charge in [-0.2, -0.15) is 0 Å². The maximum atomic E-state index is 3.15. The van der Waals surface area contributed by atoms with E-state index in [9.17, 15) is 0 Å². The van der Waals surface area contributed by atoms with Gasteiger partial charge in [-0.3, -0.25) is 0 Å². The molecule has 0 atom stereocenters. The largest absolute Gasteiger partial charge is 0.0844 e. The Morgan fingerprint density at radius 3 is 2.58 bits per heavy atom. The summed E-state index contributed by atoms with van der Waals surface area (Å²) >= 11 is 0. The summed E-state index contributed by atoms with van der Waals surface area (Å²) in [5.41, 5.74) is 0. The highest BCUT2D eigenvalue weighted by Crippen LogP contribution is 1.93. The van der Waals surface area contributed by atoms with Crippen molar-refractivity contribution in [1.29, 1.82) is 0 Å². The summed E-state index contributed by atoms with van der Waals surface area (Å²) in [6, 6.07) is 0. The molecule has 1 radical (unpaired) electrons. The lowest BCUT2D eigenvalue weighted by atomic mass is 10.2. The zero-order valence-corrected chi connectivity index (χ0v) is 7.11. The van der Waals surface area contributed by atoms with E-state index >= 15 is 0 Å². The van der Waals surface area contributed by atoms with Crippen LogP contribution in [0.5, 0.6) is 0 Å². The van der Waals surface area contributed by atoms with Gasteiger partial charge in [0.25, 0.3) is 0 Å². The number of rotatable bonds is 0. The molecule has 61 valence electrons. The number of allylic oxidation sites excluding steroid dienone is 10. The van der Waals surface area contributed by atoms with Crippen molar-refractivity contribution in [3.05, 3.63) is 60.8 Å². The molecule has 0 amide bonds. The molecule has 0 saturated heterocycles. The fourth-order valence-electron chi connectivity index (χ4n) is 0.867. The van der Waals surface area contributed by atoms with E-state index in [1.807, 2.05) is 30.4 Å². The molecule has 0 heterocycles. The van der Waals surface area contributed by atoms with E-state index in [1.54, 1.807) is 0 Å². The van der Waals surface area contributed by atoms with Gasteiger partial charge in [-0.05, 0) is 18.9 Å². The second kappa shape index (κ2) is 6.41. The third kappa shape index (κ3) is 4.51. The molecule has 0 spiro atoms. The second-order valence-corrected chi connectivity index (χ2v) is 2.48. The summed E-state index contributed by atoms with van der Waals surface area (Å²) in [5.74, 6) is 0. The molecule has 1 aliphatic rings. The summed E-state index contributed by atoms with van der Waals surface area (Å²) in [7, 11) is 0. The SMILES string of the molecule is [C]1=C/C=C/C=C\C=C\C/C=C/C\1. The third-order valence-corrected chi connectivity index (χ3v) is 1.47. The van der Waals surface area contributed by atoms with Crippen LogP contribution >= 0.6 is 0 Å². The van der Waals surface area contributed by atoms with Crippen molar-refractivity contribution in [2.24, 2.45) is 0 Å². The monoisotopic (exact) mass is 157 g/mol. The Hall–Kier alpha value is -1.30. The van der Waals surface area contributed by atoms with Crippen molar-refractivity contribution < 1.29 is 0 Å². The van der Waals surface area contributed by atoms with E-state index < -0.39 is 0 Å². The van der Waals surface area contributed by atoms with Gasteiger partial charge >= 0.3 is 0 Å². The minimum Gasteiger partial charge on any atom is -0.0844 e. The standard InChI is InChI=1S/C12H13/c1-2-4-6-8-10-12-11-9-7-5-3-1/h1-7,10,12H,8,11H2/b2-1-,5-3+,6-4+,9-7?,12-10+. The molecule has 0 aromatic carbocycles. The molecule has 0 aromatic rings. The van der Waals surface area contributed by atoms with Gasteiger partial charge in [-0.25, -0.2) is 0 Å². The van der Waals surface area contributed by atoms with Gasteiger partial charge in [-0.15, -0.1) is 0 Å². The van der Waals surface area contributed by atoms with Gasteiger partial charge in [0.05, 0.1) is 0 Å². The first-order valence-electron chi connectivity index (χ1n) is 4.20. The van der Waals surface area contributed by atoms with E-state index in [0.29, 0.717) is 0 Å². The van der Waals surface area contributed by atoms with Crippen molar-refractivity contribution in [1.82, 2.24) is 0 Å². The van der Waals surface area contributed by atoms with Crippen LogP contribution in [0.1, 0.15) is 12.8 Å². The van der Waals surface area contributed by atoms with Gasteiger partial charge < -0.3 is 0 Å². The highest BCUT2D eigenvalue weighted by Gasteiger charge is 1.73. The predicted octanol–water partition coefficient (Wildman–Crippen LogP) is 3.36. The van der Waals surface area contributed by atoms with Crippen LogP contribution in [0.25, 0.3) is 0 Å². The van der Waals surface area contributed by atoms with Gasteiger partial charge in [0.1, 0.15) is 0 Å². The molecule has 0 heteroatoms. The minimum absolute atomic E-state index is 0.905. The lowest BCUT2D eigenvalue weighted by Gasteiger charge is -1.82. The molecule has 0 aromatic heterocycles. The molecule has 0 nitrogen and oxygen atoms in total. The van der Waals surface area contributed by atoms with Crippen molar-refractivity contribution in [2.75, 3.05) is 0 Å². The Bertz CT molecular complexity index is 211. The zero-order valence-electron chi connectivity index (χ0n) is 7.11. The van der Waals surface area contributed by atoms with Crippen molar-refractivity contribution in [3.63, 3.8) is 0 Å². The molecule has 0 N–H and O–H groups in total. The van der Waals surface area contributed by atoms with Crippen LogP contribution in [-0.4, -0.2) is 0 Å². The van der Waals surface area contributed by atoms with E-state index in [-0.39, 0.29) is 0 Å².